The molecule has 16 heavy (non-hydrogen) atoms. The second-order valence-corrected chi connectivity index (χ2v) is 5.25. The summed E-state index contributed by atoms with van der Waals surface area (Å²) in [5.41, 5.74) is 0. The van der Waals surface area contributed by atoms with E-state index in [9.17, 15) is 0 Å². The average molecular weight is 286 g/mol. The van der Waals surface area contributed by atoms with Gasteiger partial charge in [0.05, 0.1) is 0 Å². The van der Waals surface area contributed by atoms with Crippen LogP contribution in [0.2, 0.25) is 0 Å². The van der Waals surface area contributed by atoms with Crippen LogP contribution >= 0.6 is 15.9 Å². The van der Waals surface area contributed by atoms with Crippen molar-refractivity contribution in [1.29, 1.82) is 0 Å². The lowest BCUT2D eigenvalue weighted by molar-refractivity contribution is 0.188. The second kappa shape index (κ2) is 5.82. The van der Waals surface area contributed by atoms with E-state index in [1.807, 2.05) is 6.20 Å². The lowest BCUT2D eigenvalue weighted by atomic mass is 9.99. The van der Waals surface area contributed by atoms with Gasteiger partial charge in [-0.05, 0) is 38.8 Å². The Morgan fingerprint density at radius 3 is 2.69 bits per heavy atom. The fourth-order valence-electron chi connectivity index (χ4n) is 2.25. The molecule has 1 aromatic heterocycles. The highest BCUT2D eigenvalue weighted by molar-refractivity contribution is 9.09. The molecule has 0 spiro atoms. The molecule has 90 valence electrons. The fraction of sp³-hybridized carbons (Fsp3) is 0.750. The minimum atomic E-state index is 0.895. The van der Waals surface area contributed by atoms with Crippen LogP contribution in [0, 0.1) is 12.8 Å². The molecule has 1 saturated heterocycles. The number of likely N-dealkylation sites (tertiary alicyclic amines) is 1. The fourth-order valence-corrected chi connectivity index (χ4v) is 2.90. The van der Waals surface area contributed by atoms with Crippen LogP contribution in [0.1, 0.15) is 18.7 Å². The smallest absolute Gasteiger partial charge is 0.105 e. The first-order valence-corrected chi connectivity index (χ1v) is 7.18. The molecule has 1 aliphatic heterocycles. The van der Waals surface area contributed by atoms with Crippen molar-refractivity contribution in [2.24, 2.45) is 5.92 Å². The summed E-state index contributed by atoms with van der Waals surface area (Å²) in [5.74, 6) is 2.02. The Labute approximate surface area is 106 Å². The van der Waals surface area contributed by atoms with Crippen LogP contribution in [-0.4, -0.2) is 39.4 Å². The Kier molecular flexibility index (Phi) is 4.41. The molecule has 0 unspecified atom stereocenters. The maximum Gasteiger partial charge on any atom is 0.105 e. The van der Waals surface area contributed by atoms with Gasteiger partial charge in [0.25, 0.3) is 0 Å². The third-order valence-electron chi connectivity index (χ3n) is 3.51. The van der Waals surface area contributed by atoms with Crippen LogP contribution < -0.4 is 0 Å². The van der Waals surface area contributed by atoms with Gasteiger partial charge in [-0.2, -0.15) is 0 Å². The maximum atomic E-state index is 4.24. The normalized spacial score (nSPS) is 19.1. The summed E-state index contributed by atoms with van der Waals surface area (Å²) in [6.07, 6.45) is 6.63. The molecule has 0 radical (unpaired) electrons. The van der Waals surface area contributed by atoms with Crippen LogP contribution in [0.25, 0.3) is 0 Å². The third-order valence-corrected chi connectivity index (χ3v) is 4.42. The van der Waals surface area contributed by atoms with Crippen LogP contribution in [0.15, 0.2) is 12.4 Å². The van der Waals surface area contributed by atoms with Crippen molar-refractivity contribution in [2.75, 3.05) is 25.0 Å². The van der Waals surface area contributed by atoms with Gasteiger partial charge >= 0.3 is 0 Å². The summed E-state index contributed by atoms with van der Waals surface area (Å²) in [4.78, 5) is 6.81. The van der Waals surface area contributed by atoms with Crippen LogP contribution in [-0.2, 0) is 6.54 Å². The number of rotatable bonds is 4. The molecule has 4 heteroatoms. The van der Waals surface area contributed by atoms with E-state index in [4.69, 9.17) is 0 Å². The van der Waals surface area contributed by atoms with Crippen molar-refractivity contribution in [3.8, 4) is 0 Å². The Balaban J connectivity index is 1.73. The van der Waals surface area contributed by atoms with Crippen molar-refractivity contribution in [1.82, 2.24) is 14.5 Å². The highest BCUT2D eigenvalue weighted by Crippen LogP contribution is 2.18. The van der Waals surface area contributed by atoms with Crippen LogP contribution in [0.3, 0.4) is 0 Å². The SMILES string of the molecule is Cc1nccn1CCN1CCC(CBr)CC1. The van der Waals surface area contributed by atoms with Gasteiger partial charge in [0.15, 0.2) is 0 Å². The van der Waals surface area contributed by atoms with Gasteiger partial charge in [-0.1, -0.05) is 15.9 Å². The van der Waals surface area contributed by atoms with Gasteiger partial charge in [-0.25, -0.2) is 4.98 Å². The molecule has 0 bridgehead atoms. The molecule has 1 aliphatic rings. The molecule has 2 rings (SSSR count). The molecular weight excluding hydrogens is 266 g/mol. The molecule has 0 aliphatic carbocycles. The highest BCUT2D eigenvalue weighted by Gasteiger charge is 2.17. The van der Waals surface area contributed by atoms with E-state index in [1.54, 1.807) is 0 Å². The number of hydrogen-bond donors (Lipinski definition) is 0. The Morgan fingerprint density at radius 1 is 1.38 bits per heavy atom. The molecule has 0 aromatic carbocycles. The predicted octanol–water partition coefficient (Wildman–Crippen LogP) is 2.30. The molecule has 1 aromatic rings. The summed E-state index contributed by atoms with van der Waals surface area (Å²) < 4.78 is 2.23. The lowest BCUT2D eigenvalue weighted by Crippen LogP contribution is -2.36. The topological polar surface area (TPSA) is 21.1 Å². The molecule has 0 atom stereocenters. The standard InChI is InChI=1S/C12H20BrN3/c1-11-14-4-7-16(11)9-8-15-5-2-12(10-13)3-6-15/h4,7,12H,2-3,5-6,8-10H2,1H3. The quantitative estimate of drug-likeness (QED) is 0.792. The van der Waals surface area contributed by atoms with Gasteiger partial charge in [0, 0.05) is 30.8 Å². The molecule has 2 heterocycles. The van der Waals surface area contributed by atoms with Crippen LogP contribution in [0.5, 0.6) is 0 Å². The Morgan fingerprint density at radius 2 is 2.12 bits per heavy atom. The summed E-state index contributed by atoms with van der Waals surface area (Å²) in [6.45, 7) is 6.81. The summed E-state index contributed by atoms with van der Waals surface area (Å²) in [5, 5.41) is 1.17. The van der Waals surface area contributed by atoms with E-state index in [0.717, 1.165) is 24.8 Å². The second-order valence-electron chi connectivity index (χ2n) is 4.61. The van der Waals surface area contributed by atoms with Gasteiger partial charge in [0.1, 0.15) is 5.82 Å². The maximum absolute atomic E-state index is 4.24. The number of halogens is 1. The number of piperidine rings is 1. The summed E-state index contributed by atoms with van der Waals surface area (Å²) >= 11 is 3.58. The largest absolute Gasteiger partial charge is 0.334 e. The predicted molar refractivity (Wildman–Crippen MR) is 69.9 cm³/mol. The van der Waals surface area contributed by atoms with E-state index in [1.165, 1.54) is 31.3 Å². The van der Waals surface area contributed by atoms with Gasteiger partial charge in [0.2, 0.25) is 0 Å². The first kappa shape index (κ1) is 12.1. The first-order chi connectivity index (χ1) is 7.79. The van der Waals surface area contributed by atoms with Gasteiger partial charge in [-0.15, -0.1) is 0 Å². The van der Waals surface area contributed by atoms with E-state index in [2.05, 4.69) is 43.5 Å². The van der Waals surface area contributed by atoms with E-state index in [-0.39, 0.29) is 0 Å². The zero-order chi connectivity index (χ0) is 11.4. The summed E-state index contributed by atoms with van der Waals surface area (Å²) in [7, 11) is 0. The molecule has 0 amide bonds. The summed E-state index contributed by atoms with van der Waals surface area (Å²) in [6, 6.07) is 0. The number of hydrogen-bond acceptors (Lipinski definition) is 2. The lowest BCUT2D eigenvalue weighted by Gasteiger charge is -2.31. The third kappa shape index (κ3) is 3.08. The number of imidazole rings is 1. The first-order valence-electron chi connectivity index (χ1n) is 6.05. The van der Waals surface area contributed by atoms with Gasteiger partial charge in [-0.3, -0.25) is 0 Å². The average Bonchev–Trinajstić information content (AvgIpc) is 2.73. The zero-order valence-corrected chi connectivity index (χ0v) is 11.5. The highest BCUT2D eigenvalue weighted by atomic mass is 79.9. The van der Waals surface area contributed by atoms with Crippen molar-refractivity contribution in [3.63, 3.8) is 0 Å². The van der Waals surface area contributed by atoms with E-state index >= 15 is 0 Å². The van der Waals surface area contributed by atoms with E-state index < -0.39 is 0 Å². The molecule has 0 N–H and O–H groups in total. The molecule has 3 nitrogen and oxygen atoms in total. The minimum absolute atomic E-state index is 0.895. The minimum Gasteiger partial charge on any atom is -0.334 e. The van der Waals surface area contributed by atoms with Crippen molar-refractivity contribution in [2.45, 2.75) is 26.3 Å². The van der Waals surface area contributed by atoms with Crippen LogP contribution in [0.4, 0.5) is 0 Å². The Bertz CT molecular complexity index is 316. The van der Waals surface area contributed by atoms with Crippen molar-refractivity contribution < 1.29 is 0 Å². The van der Waals surface area contributed by atoms with E-state index in [0.29, 0.717) is 0 Å². The Hall–Kier alpha value is -0.350. The number of nitrogens with zero attached hydrogens (tertiary/aromatic N) is 3. The van der Waals surface area contributed by atoms with Gasteiger partial charge < -0.3 is 9.47 Å². The molecule has 1 fully saturated rings. The molecular formula is C12H20BrN3. The van der Waals surface area contributed by atoms with Crippen molar-refractivity contribution >= 4 is 15.9 Å². The molecule has 0 saturated carbocycles. The number of aryl methyl sites for hydroxylation is 1. The zero-order valence-electron chi connectivity index (χ0n) is 9.90. The van der Waals surface area contributed by atoms with Crippen molar-refractivity contribution in [3.05, 3.63) is 18.2 Å². The number of alkyl halides is 1. The monoisotopic (exact) mass is 285 g/mol. The number of aromatic nitrogens is 2.